The van der Waals surface area contributed by atoms with Crippen molar-refractivity contribution >= 4 is 17.6 Å². The topological polar surface area (TPSA) is 33.5 Å². The summed E-state index contributed by atoms with van der Waals surface area (Å²) in [4.78, 5) is 10.2. The van der Waals surface area contributed by atoms with Gasteiger partial charge in [-0.2, -0.15) is 0 Å². The van der Waals surface area contributed by atoms with Crippen LogP contribution >= 0.6 is 0 Å². The highest BCUT2D eigenvalue weighted by atomic mass is 16.1. The molecule has 12 heavy (non-hydrogen) atoms. The number of carbonyl (C=O) groups excluding carboxylic acids is 1. The minimum absolute atomic E-state index is 0.683. The molecule has 3 heteroatoms. The monoisotopic (exact) mass is 160 g/mol. The number of hydrogen-bond donors (Lipinski definition) is 1. The van der Waals surface area contributed by atoms with Gasteiger partial charge in [0.25, 0.3) is 0 Å². The van der Waals surface area contributed by atoms with E-state index in [0.29, 0.717) is 6.41 Å². The highest BCUT2D eigenvalue weighted by Crippen LogP contribution is 2.16. The molecule has 0 aliphatic carbocycles. The Kier molecular flexibility index (Phi) is 1.55. The molecule has 0 aromatic carbocycles. The second-order valence-corrected chi connectivity index (χ2v) is 2.48. The molecule has 2 rings (SSSR count). The van der Waals surface area contributed by atoms with Crippen LogP contribution in [-0.4, -0.2) is 10.8 Å². The highest BCUT2D eigenvalue weighted by molar-refractivity contribution is 5.83. The third-order valence-corrected chi connectivity index (χ3v) is 1.78. The first kappa shape index (κ1) is 6.91. The molecular weight excluding hydrogens is 152 g/mol. The molecule has 2 aromatic heterocycles. The van der Waals surface area contributed by atoms with E-state index < -0.39 is 0 Å². The van der Waals surface area contributed by atoms with E-state index in [-0.39, 0.29) is 0 Å². The van der Waals surface area contributed by atoms with Crippen molar-refractivity contribution < 1.29 is 4.79 Å². The molecule has 0 aliphatic rings. The Bertz CT molecular complexity index is 406. The van der Waals surface area contributed by atoms with Gasteiger partial charge in [0, 0.05) is 12.4 Å². The molecule has 0 atom stereocenters. The van der Waals surface area contributed by atoms with Crippen molar-refractivity contribution in [3.63, 3.8) is 0 Å². The Morgan fingerprint density at radius 3 is 3.00 bits per heavy atom. The number of amides is 1. The summed E-state index contributed by atoms with van der Waals surface area (Å²) in [6.07, 6.45) is 4.52. The van der Waals surface area contributed by atoms with Crippen molar-refractivity contribution in [3.8, 4) is 0 Å². The summed E-state index contributed by atoms with van der Waals surface area (Å²) >= 11 is 0. The fraction of sp³-hybridized carbons (Fsp3) is 0. The van der Waals surface area contributed by atoms with Gasteiger partial charge < -0.3 is 9.72 Å². The first-order valence-electron chi connectivity index (χ1n) is 3.68. The number of nitrogens with zero attached hydrogens (tertiary/aromatic N) is 1. The number of rotatable bonds is 2. The van der Waals surface area contributed by atoms with Crippen molar-refractivity contribution in [1.29, 1.82) is 0 Å². The minimum Gasteiger partial charge on any atom is -0.327 e. The second kappa shape index (κ2) is 2.70. The zero-order valence-corrected chi connectivity index (χ0v) is 6.40. The number of nitrogens with one attached hydrogen (secondary N) is 1. The lowest BCUT2D eigenvalue weighted by molar-refractivity contribution is -0.105. The van der Waals surface area contributed by atoms with Gasteiger partial charge in [0.05, 0.1) is 11.2 Å². The number of fused-ring (bicyclic) bond motifs is 1. The predicted molar refractivity (Wildman–Crippen MR) is 47.1 cm³/mol. The normalized spacial score (nSPS) is 10.0. The minimum atomic E-state index is 0.683. The first-order chi connectivity index (χ1) is 5.92. The van der Waals surface area contributed by atoms with Crippen LogP contribution < -0.4 is 5.32 Å². The quantitative estimate of drug-likeness (QED) is 0.664. The lowest BCUT2D eigenvalue weighted by Crippen LogP contribution is -1.92. The Hall–Kier alpha value is -1.77. The van der Waals surface area contributed by atoms with Gasteiger partial charge >= 0.3 is 0 Å². The summed E-state index contributed by atoms with van der Waals surface area (Å²) in [7, 11) is 0. The van der Waals surface area contributed by atoms with Crippen molar-refractivity contribution in [2.24, 2.45) is 0 Å². The van der Waals surface area contributed by atoms with E-state index in [0.717, 1.165) is 11.2 Å². The molecule has 0 saturated heterocycles. The zero-order valence-electron chi connectivity index (χ0n) is 6.40. The molecule has 2 heterocycles. The lowest BCUT2D eigenvalue weighted by atomic mass is 10.4. The van der Waals surface area contributed by atoms with Crippen LogP contribution in [0.2, 0.25) is 0 Å². The van der Waals surface area contributed by atoms with E-state index in [2.05, 4.69) is 5.32 Å². The Labute approximate surface area is 69.6 Å². The van der Waals surface area contributed by atoms with Crippen molar-refractivity contribution in [1.82, 2.24) is 4.40 Å². The van der Waals surface area contributed by atoms with E-state index in [1.807, 2.05) is 41.1 Å². The smallest absolute Gasteiger partial charge is 0.211 e. The van der Waals surface area contributed by atoms with Gasteiger partial charge in [-0.1, -0.05) is 6.07 Å². The van der Waals surface area contributed by atoms with Crippen LogP contribution in [0.25, 0.3) is 5.52 Å². The summed E-state index contributed by atoms with van der Waals surface area (Å²) < 4.78 is 1.95. The van der Waals surface area contributed by atoms with Crippen molar-refractivity contribution in [2.45, 2.75) is 0 Å². The lowest BCUT2D eigenvalue weighted by Gasteiger charge is -1.95. The standard InChI is InChI=1S/C9H8N2O/c12-7-10-8-4-6-11-5-2-1-3-9(8)11/h1-7H,(H,10,12). The van der Waals surface area contributed by atoms with Gasteiger partial charge in [-0.05, 0) is 18.2 Å². The summed E-state index contributed by atoms with van der Waals surface area (Å²) in [5.74, 6) is 0. The van der Waals surface area contributed by atoms with Crippen LogP contribution in [0, 0.1) is 0 Å². The second-order valence-electron chi connectivity index (χ2n) is 2.48. The third kappa shape index (κ3) is 0.955. The van der Waals surface area contributed by atoms with E-state index in [4.69, 9.17) is 0 Å². The summed E-state index contributed by atoms with van der Waals surface area (Å²) in [5.41, 5.74) is 1.84. The largest absolute Gasteiger partial charge is 0.327 e. The van der Waals surface area contributed by atoms with Crippen LogP contribution in [0.1, 0.15) is 0 Å². The van der Waals surface area contributed by atoms with Gasteiger partial charge in [0.1, 0.15) is 0 Å². The van der Waals surface area contributed by atoms with Gasteiger partial charge in [-0.15, -0.1) is 0 Å². The Morgan fingerprint density at radius 2 is 2.17 bits per heavy atom. The molecule has 1 N–H and O–H groups in total. The summed E-state index contributed by atoms with van der Waals surface area (Å²) in [6, 6.07) is 7.69. The number of anilines is 1. The molecule has 0 saturated carbocycles. The van der Waals surface area contributed by atoms with E-state index in [9.17, 15) is 4.79 Å². The maximum absolute atomic E-state index is 10.2. The Balaban J connectivity index is 2.62. The maximum atomic E-state index is 10.2. The van der Waals surface area contributed by atoms with E-state index in [1.165, 1.54) is 0 Å². The number of hydrogen-bond acceptors (Lipinski definition) is 1. The number of pyridine rings is 1. The average Bonchev–Trinajstić information content (AvgIpc) is 2.50. The molecule has 1 amide bonds. The average molecular weight is 160 g/mol. The number of carbonyl (C=O) groups is 1. The summed E-state index contributed by atoms with van der Waals surface area (Å²) in [6.45, 7) is 0. The molecule has 0 radical (unpaired) electrons. The van der Waals surface area contributed by atoms with E-state index in [1.54, 1.807) is 0 Å². The third-order valence-electron chi connectivity index (χ3n) is 1.78. The molecule has 3 nitrogen and oxygen atoms in total. The number of aromatic nitrogens is 1. The molecule has 0 aliphatic heterocycles. The van der Waals surface area contributed by atoms with Crippen molar-refractivity contribution in [2.75, 3.05) is 5.32 Å². The molecule has 0 fully saturated rings. The molecule has 0 bridgehead atoms. The Morgan fingerprint density at radius 1 is 1.25 bits per heavy atom. The maximum Gasteiger partial charge on any atom is 0.211 e. The highest BCUT2D eigenvalue weighted by Gasteiger charge is 1.97. The molecule has 60 valence electrons. The van der Waals surface area contributed by atoms with Crippen LogP contribution in [0.5, 0.6) is 0 Å². The predicted octanol–water partition coefficient (Wildman–Crippen LogP) is 1.51. The first-order valence-corrected chi connectivity index (χ1v) is 3.68. The van der Waals surface area contributed by atoms with Gasteiger partial charge in [-0.25, -0.2) is 0 Å². The zero-order chi connectivity index (χ0) is 8.39. The molecule has 2 aromatic rings. The SMILES string of the molecule is O=CNc1ccn2ccccc12. The van der Waals surface area contributed by atoms with Crippen LogP contribution in [0.3, 0.4) is 0 Å². The van der Waals surface area contributed by atoms with E-state index >= 15 is 0 Å². The fourth-order valence-electron chi connectivity index (χ4n) is 1.24. The van der Waals surface area contributed by atoms with Gasteiger partial charge in [-0.3, -0.25) is 4.79 Å². The fourth-order valence-corrected chi connectivity index (χ4v) is 1.24. The summed E-state index contributed by atoms with van der Waals surface area (Å²) in [5, 5.41) is 2.63. The van der Waals surface area contributed by atoms with Crippen molar-refractivity contribution in [3.05, 3.63) is 36.7 Å². The molecule has 0 spiro atoms. The van der Waals surface area contributed by atoms with Gasteiger partial charge in [0.15, 0.2) is 0 Å². The molecular formula is C9H8N2O. The van der Waals surface area contributed by atoms with Crippen LogP contribution in [0.15, 0.2) is 36.7 Å². The van der Waals surface area contributed by atoms with Crippen LogP contribution in [0.4, 0.5) is 5.69 Å². The van der Waals surface area contributed by atoms with Crippen LogP contribution in [-0.2, 0) is 4.79 Å². The van der Waals surface area contributed by atoms with Gasteiger partial charge in [0.2, 0.25) is 6.41 Å². The molecule has 0 unspecified atom stereocenters.